The molecule has 0 aromatic carbocycles. The molecule has 1 fully saturated rings. The summed E-state index contributed by atoms with van der Waals surface area (Å²) in [6, 6.07) is 3.48. The fourth-order valence-corrected chi connectivity index (χ4v) is 5.23. The Bertz CT molecular complexity index is 1230. The number of aliphatic hydroxyl groups is 1. The summed E-state index contributed by atoms with van der Waals surface area (Å²) in [5, 5.41) is 22.5. The molecule has 176 valence electrons. The van der Waals surface area contributed by atoms with Crippen molar-refractivity contribution in [3.8, 4) is 0 Å². The third-order valence-corrected chi connectivity index (χ3v) is 7.09. The fraction of sp³-hybridized carbons (Fsp3) is 0.400. The lowest BCUT2D eigenvalue weighted by Crippen LogP contribution is -2.24. The van der Waals surface area contributed by atoms with Gasteiger partial charge in [0.1, 0.15) is 12.1 Å². The van der Waals surface area contributed by atoms with Crippen LogP contribution in [0.25, 0.3) is 0 Å². The van der Waals surface area contributed by atoms with Gasteiger partial charge in [-0.25, -0.2) is 15.1 Å². The van der Waals surface area contributed by atoms with Gasteiger partial charge in [-0.3, -0.25) is 13.7 Å². The highest BCUT2D eigenvalue weighted by molar-refractivity contribution is 7.84. The largest absolute Gasteiger partial charge is 0.393 e. The molecule has 1 aliphatic carbocycles. The van der Waals surface area contributed by atoms with Crippen molar-refractivity contribution in [2.45, 2.75) is 38.5 Å². The first kappa shape index (κ1) is 23.4. The summed E-state index contributed by atoms with van der Waals surface area (Å²) in [6.07, 6.45) is 6.39. The van der Waals surface area contributed by atoms with Gasteiger partial charge in [0.2, 0.25) is 5.78 Å². The molecule has 11 nitrogen and oxygen atoms in total. The van der Waals surface area contributed by atoms with Crippen LogP contribution in [0.1, 0.15) is 38.5 Å². The number of thiophene rings is 1. The molecule has 0 saturated heterocycles. The van der Waals surface area contributed by atoms with E-state index in [0.29, 0.717) is 35.6 Å². The van der Waals surface area contributed by atoms with Gasteiger partial charge in [-0.2, -0.15) is 13.5 Å². The Labute approximate surface area is 194 Å². The van der Waals surface area contributed by atoms with Crippen LogP contribution in [0.5, 0.6) is 0 Å². The maximum absolute atomic E-state index is 13.3. The molecule has 0 aliphatic heterocycles. The van der Waals surface area contributed by atoms with Crippen molar-refractivity contribution >= 4 is 33.2 Å². The molecule has 4 N–H and O–H groups in total. The number of hydrogen-bond acceptors (Lipinski definition) is 10. The second-order valence-electron chi connectivity index (χ2n) is 7.93. The summed E-state index contributed by atoms with van der Waals surface area (Å²) in [4.78, 5) is 23.1. The van der Waals surface area contributed by atoms with Crippen LogP contribution in [-0.2, 0) is 21.0 Å². The Hall–Kier alpha value is -2.71. The van der Waals surface area contributed by atoms with E-state index in [-0.39, 0.29) is 18.4 Å². The Morgan fingerprint density at radius 2 is 2.24 bits per heavy atom. The van der Waals surface area contributed by atoms with Gasteiger partial charge in [0, 0.05) is 35.4 Å². The summed E-state index contributed by atoms with van der Waals surface area (Å²) in [5.41, 5.74) is 1.33. The van der Waals surface area contributed by atoms with Crippen LogP contribution in [0, 0.1) is 12.8 Å². The van der Waals surface area contributed by atoms with Gasteiger partial charge in [0.25, 0.3) is 0 Å². The molecule has 1 aliphatic rings. The van der Waals surface area contributed by atoms with E-state index in [9.17, 15) is 18.3 Å². The van der Waals surface area contributed by atoms with E-state index in [1.807, 2.05) is 25.3 Å². The number of nitrogens with zero attached hydrogens (tertiary/aromatic N) is 4. The van der Waals surface area contributed by atoms with E-state index in [1.54, 1.807) is 10.9 Å². The van der Waals surface area contributed by atoms with Crippen LogP contribution >= 0.6 is 11.3 Å². The molecule has 3 aromatic rings. The highest BCUT2D eigenvalue weighted by atomic mass is 32.2. The number of nitrogens with two attached hydrogens (primary N) is 1. The number of carbonyl (C=O) groups excluding carboxylic acids is 1. The highest BCUT2D eigenvalue weighted by Crippen LogP contribution is 2.31. The zero-order valence-electron chi connectivity index (χ0n) is 17.8. The molecule has 0 radical (unpaired) electrons. The molecule has 0 amide bonds. The van der Waals surface area contributed by atoms with Gasteiger partial charge in [-0.15, -0.1) is 11.3 Å². The number of ketones is 1. The topological polar surface area (TPSA) is 162 Å². The molecular weight excluding hydrogens is 468 g/mol. The van der Waals surface area contributed by atoms with Crippen molar-refractivity contribution < 1.29 is 22.5 Å². The van der Waals surface area contributed by atoms with E-state index in [0.717, 1.165) is 10.4 Å². The van der Waals surface area contributed by atoms with E-state index in [4.69, 9.17) is 5.14 Å². The Morgan fingerprint density at radius 1 is 1.42 bits per heavy atom. The van der Waals surface area contributed by atoms with Gasteiger partial charge >= 0.3 is 10.3 Å². The number of aryl methyl sites for hydroxylation is 1. The van der Waals surface area contributed by atoms with Crippen molar-refractivity contribution in [3.05, 3.63) is 57.9 Å². The average molecular weight is 493 g/mol. The van der Waals surface area contributed by atoms with Crippen LogP contribution in [0.15, 0.2) is 37.1 Å². The molecule has 4 rings (SSSR count). The third-order valence-electron chi connectivity index (χ3n) is 5.54. The van der Waals surface area contributed by atoms with Crippen LogP contribution < -0.4 is 10.5 Å². The quantitative estimate of drug-likeness (QED) is 0.371. The van der Waals surface area contributed by atoms with Crippen molar-refractivity contribution in [1.82, 2.24) is 19.7 Å². The smallest absolute Gasteiger partial charge is 0.333 e. The first-order chi connectivity index (χ1) is 15.7. The molecule has 3 aromatic heterocycles. The Morgan fingerprint density at radius 3 is 2.97 bits per heavy atom. The van der Waals surface area contributed by atoms with E-state index >= 15 is 0 Å². The lowest BCUT2D eigenvalue weighted by molar-refractivity contribution is 0.101. The summed E-state index contributed by atoms with van der Waals surface area (Å²) in [7, 11) is -4.08. The molecule has 3 atom stereocenters. The van der Waals surface area contributed by atoms with E-state index in [2.05, 4.69) is 24.6 Å². The number of rotatable bonds is 9. The number of aliphatic hydroxyl groups excluding tert-OH is 1. The minimum atomic E-state index is -4.08. The second-order valence-corrected chi connectivity index (χ2v) is 10.4. The Balaban J connectivity index is 1.47. The summed E-state index contributed by atoms with van der Waals surface area (Å²) < 4.78 is 28.5. The molecule has 0 spiro atoms. The molecule has 33 heavy (non-hydrogen) atoms. The van der Waals surface area contributed by atoms with Crippen molar-refractivity contribution in [1.29, 1.82) is 0 Å². The molecule has 0 unspecified atom stereocenters. The van der Waals surface area contributed by atoms with Gasteiger partial charge in [-0.05, 0) is 37.5 Å². The molecular formula is C20H24N6O5S2. The number of aromatic nitrogens is 4. The zero-order chi connectivity index (χ0) is 23.6. The predicted octanol–water partition coefficient (Wildman–Crippen LogP) is 1.09. The van der Waals surface area contributed by atoms with E-state index < -0.39 is 22.3 Å². The van der Waals surface area contributed by atoms with Crippen LogP contribution in [0.2, 0.25) is 0 Å². The van der Waals surface area contributed by atoms with Gasteiger partial charge in [0.05, 0.1) is 29.7 Å². The van der Waals surface area contributed by atoms with Crippen molar-refractivity contribution in [3.63, 3.8) is 0 Å². The summed E-state index contributed by atoms with van der Waals surface area (Å²) >= 11 is 1.40. The van der Waals surface area contributed by atoms with E-state index in [1.165, 1.54) is 23.9 Å². The predicted molar refractivity (Wildman–Crippen MR) is 121 cm³/mol. The van der Waals surface area contributed by atoms with Crippen LogP contribution in [-0.4, -0.2) is 57.8 Å². The highest BCUT2D eigenvalue weighted by Gasteiger charge is 2.34. The maximum atomic E-state index is 13.3. The second kappa shape index (κ2) is 9.65. The molecule has 13 heteroatoms. The van der Waals surface area contributed by atoms with Crippen LogP contribution in [0.4, 0.5) is 5.82 Å². The molecule has 3 heterocycles. The third kappa shape index (κ3) is 5.81. The molecule has 1 saturated carbocycles. The average Bonchev–Trinajstić information content (AvgIpc) is 3.48. The minimum absolute atomic E-state index is 0.203. The summed E-state index contributed by atoms with van der Waals surface area (Å²) in [5.74, 6) is -0.253. The maximum Gasteiger partial charge on any atom is 0.333 e. The summed E-state index contributed by atoms with van der Waals surface area (Å²) in [6.45, 7) is 2.33. The lowest BCUT2D eigenvalue weighted by atomic mass is 10.1. The van der Waals surface area contributed by atoms with Crippen LogP contribution in [0.3, 0.4) is 0 Å². The minimum Gasteiger partial charge on any atom is -0.393 e. The van der Waals surface area contributed by atoms with Gasteiger partial charge < -0.3 is 10.4 Å². The van der Waals surface area contributed by atoms with Gasteiger partial charge in [0.15, 0.2) is 0 Å². The number of anilines is 1. The fourth-order valence-electron chi connectivity index (χ4n) is 3.88. The normalized spacial score (nSPS) is 20.8. The SMILES string of the molecule is Cc1sc(C(=O)c2cncnc2N[C@@H]2C[C@H](COS(N)(=O)=O)[C@@H](O)C2)cc1Cn1cccn1. The number of nitrogens with one attached hydrogen (secondary N) is 1. The first-order valence-corrected chi connectivity index (χ1v) is 12.5. The standard InChI is InChI=1S/C20H24N6O5S2/c1-12-13(9-26-4-2-3-24-26)6-18(32-12)19(28)16-8-22-11-23-20(16)25-15-5-14(17(27)7-15)10-31-33(21,29)30/h2-4,6,8,11,14-15,17,27H,5,7,9-10H2,1H3,(H2,21,29,30)(H,22,23,25)/t14-,15-,17+/m1/s1. The van der Waals surface area contributed by atoms with Crippen molar-refractivity contribution in [2.24, 2.45) is 11.1 Å². The Kier molecular flexibility index (Phi) is 6.86. The molecule has 0 bridgehead atoms. The monoisotopic (exact) mass is 492 g/mol. The zero-order valence-corrected chi connectivity index (χ0v) is 19.4. The number of carbonyl (C=O) groups is 1. The lowest BCUT2D eigenvalue weighted by Gasteiger charge is -2.15. The number of hydrogen-bond donors (Lipinski definition) is 3. The van der Waals surface area contributed by atoms with Crippen molar-refractivity contribution in [2.75, 3.05) is 11.9 Å². The van der Waals surface area contributed by atoms with Gasteiger partial charge in [-0.1, -0.05) is 0 Å². The first-order valence-electron chi connectivity index (χ1n) is 10.2.